The number of piperidine rings is 1. The minimum atomic E-state index is -0.807. The fraction of sp³-hybridized carbons (Fsp3) is 0.842. The summed E-state index contributed by atoms with van der Waals surface area (Å²) in [7, 11) is 0. The molecule has 0 bridgehead atoms. The summed E-state index contributed by atoms with van der Waals surface area (Å²) in [5.74, 6) is -1.08. The van der Waals surface area contributed by atoms with Crippen LogP contribution < -0.4 is 0 Å². The first-order chi connectivity index (χ1) is 12.1. The van der Waals surface area contributed by atoms with Crippen LogP contribution in [-0.4, -0.2) is 53.3 Å². The van der Waals surface area contributed by atoms with Gasteiger partial charge in [0, 0.05) is 19.5 Å². The van der Waals surface area contributed by atoms with Crippen molar-refractivity contribution in [2.45, 2.75) is 78.2 Å². The molecular weight excluding hydrogens is 338 g/mol. The Balaban J connectivity index is 2.76. The molecule has 1 rings (SSSR count). The zero-order valence-electron chi connectivity index (χ0n) is 16.5. The Kier molecular flexibility index (Phi) is 8.37. The number of carboxylic acid groups (broad SMARTS) is 1. The molecule has 26 heavy (non-hydrogen) atoms. The van der Waals surface area contributed by atoms with Crippen LogP contribution in [0, 0.1) is 5.41 Å². The molecule has 1 aliphatic rings. The minimum Gasteiger partial charge on any atom is -0.481 e. The number of likely N-dealkylation sites (tertiary alicyclic amines) is 1. The third-order valence-corrected chi connectivity index (χ3v) is 4.48. The van der Waals surface area contributed by atoms with Gasteiger partial charge in [0.15, 0.2) is 0 Å². The molecule has 1 saturated heterocycles. The average Bonchev–Trinajstić information content (AvgIpc) is 2.53. The lowest BCUT2D eigenvalue weighted by Crippen LogP contribution is -2.51. The summed E-state index contributed by atoms with van der Waals surface area (Å²) in [6, 6.07) is 0. The van der Waals surface area contributed by atoms with E-state index in [0.29, 0.717) is 45.4 Å². The van der Waals surface area contributed by atoms with Crippen molar-refractivity contribution in [3.05, 3.63) is 0 Å². The Morgan fingerprint density at radius 1 is 1.15 bits per heavy atom. The SMILES string of the molecule is CCOC(=O)C1(CCCCCC(=O)O)CCCN(C(=O)OC(C)(C)C)C1. The second kappa shape index (κ2) is 9.78. The van der Waals surface area contributed by atoms with E-state index >= 15 is 0 Å². The van der Waals surface area contributed by atoms with Crippen molar-refractivity contribution in [2.75, 3.05) is 19.7 Å². The van der Waals surface area contributed by atoms with Crippen LogP contribution in [0.1, 0.15) is 72.6 Å². The van der Waals surface area contributed by atoms with Crippen LogP contribution in [0.2, 0.25) is 0 Å². The molecule has 0 aliphatic carbocycles. The summed E-state index contributed by atoms with van der Waals surface area (Å²) in [6.45, 7) is 8.37. The number of carbonyl (C=O) groups is 3. The number of ether oxygens (including phenoxy) is 2. The highest BCUT2D eigenvalue weighted by atomic mass is 16.6. The lowest BCUT2D eigenvalue weighted by Gasteiger charge is -2.41. The van der Waals surface area contributed by atoms with E-state index in [1.165, 1.54) is 0 Å². The molecule has 1 heterocycles. The molecule has 0 aromatic rings. The molecule has 0 radical (unpaired) electrons. The molecule has 7 nitrogen and oxygen atoms in total. The van der Waals surface area contributed by atoms with E-state index in [0.717, 1.165) is 12.8 Å². The van der Waals surface area contributed by atoms with Gasteiger partial charge in [0.05, 0.1) is 12.0 Å². The quantitative estimate of drug-likeness (QED) is 0.517. The van der Waals surface area contributed by atoms with E-state index in [1.54, 1.807) is 11.8 Å². The van der Waals surface area contributed by atoms with Gasteiger partial charge in [0.1, 0.15) is 5.60 Å². The van der Waals surface area contributed by atoms with Gasteiger partial charge in [-0.1, -0.05) is 12.8 Å². The molecule has 150 valence electrons. The van der Waals surface area contributed by atoms with Crippen molar-refractivity contribution < 1.29 is 29.0 Å². The van der Waals surface area contributed by atoms with Crippen LogP contribution in [0.15, 0.2) is 0 Å². The second-order valence-electron chi connectivity index (χ2n) is 7.96. The monoisotopic (exact) mass is 371 g/mol. The first-order valence-electron chi connectivity index (χ1n) is 9.46. The van der Waals surface area contributed by atoms with E-state index < -0.39 is 23.1 Å². The van der Waals surface area contributed by atoms with Crippen LogP contribution >= 0.6 is 0 Å². The number of nitrogens with zero attached hydrogens (tertiary/aromatic N) is 1. The maximum atomic E-state index is 12.7. The van der Waals surface area contributed by atoms with Crippen molar-refractivity contribution in [3.63, 3.8) is 0 Å². The van der Waals surface area contributed by atoms with E-state index in [9.17, 15) is 14.4 Å². The predicted molar refractivity (Wildman–Crippen MR) is 96.8 cm³/mol. The molecule has 1 fully saturated rings. The van der Waals surface area contributed by atoms with Crippen LogP contribution in [0.4, 0.5) is 4.79 Å². The van der Waals surface area contributed by atoms with Gasteiger partial charge >= 0.3 is 18.0 Å². The van der Waals surface area contributed by atoms with Gasteiger partial charge in [-0.05, 0) is 53.4 Å². The first kappa shape index (κ1) is 22.3. The molecule has 0 aromatic heterocycles. The number of aliphatic carboxylic acids is 1. The van der Waals surface area contributed by atoms with Gasteiger partial charge < -0.3 is 19.5 Å². The molecule has 1 atom stereocenters. The van der Waals surface area contributed by atoms with Gasteiger partial charge in [-0.2, -0.15) is 0 Å². The molecule has 1 N–H and O–H groups in total. The van der Waals surface area contributed by atoms with Crippen LogP contribution in [0.3, 0.4) is 0 Å². The summed E-state index contributed by atoms with van der Waals surface area (Å²) >= 11 is 0. The van der Waals surface area contributed by atoms with Crippen LogP contribution in [0.25, 0.3) is 0 Å². The Morgan fingerprint density at radius 2 is 1.85 bits per heavy atom. The maximum Gasteiger partial charge on any atom is 0.410 e. The largest absolute Gasteiger partial charge is 0.481 e. The number of carbonyl (C=O) groups excluding carboxylic acids is 2. The lowest BCUT2D eigenvalue weighted by atomic mass is 9.75. The Morgan fingerprint density at radius 3 is 2.42 bits per heavy atom. The zero-order chi connectivity index (χ0) is 19.8. The van der Waals surface area contributed by atoms with E-state index in [4.69, 9.17) is 14.6 Å². The van der Waals surface area contributed by atoms with Gasteiger partial charge in [0.2, 0.25) is 0 Å². The van der Waals surface area contributed by atoms with Crippen molar-refractivity contribution >= 4 is 18.0 Å². The molecule has 1 unspecified atom stereocenters. The van der Waals surface area contributed by atoms with Crippen molar-refractivity contribution in [2.24, 2.45) is 5.41 Å². The van der Waals surface area contributed by atoms with Crippen LogP contribution in [0.5, 0.6) is 0 Å². The summed E-state index contributed by atoms with van der Waals surface area (Å²) in [5, 5.41) is 8.73. The molecule has 0 saturated carbocycles. The van der Waals surface area contributed by atoms with Gasteiger partial charge in [-0.3, -0.25) is 9.59 Å². The number of rotatable bonds is 8. The van der Waals surface area contributed by atoms with E-state index in [-0.39, 0.29) is 12.4 Å². The third kappa shape index (κ3) is 7.22. The smallest absolute Gasteiger partial charge is 0.410 e. The molecular formula is C19H33NO6. The molecule has 0 aromatic carbocycles. The third-order valence-electron chi connectivity index (χ3n) is 4.48. The average molecular weight is 371 g/mol. The van der Waals surface area contributed by atoms with Gasteiger partial charge in [-0.15, -0.1) is 0 Å². The summed E-state index contributed by atoms with van der Waals surface area (Å²) in [6.07, 6.45) is 3.76. The number of amides is 1. The number of hydrogen-bond acceptors (Lipinski definition) is 5. The molecule has 1 aliphatic heterocycles. The molecule has 1 amide bonds. The fourth-order valence-corrected chi connectivity index (χ4v) is 3.29. The van der Waals surface area contributed by atoms with Crippen molar-refractivity contribution in [1.82, 2.24) is 4.90 Å². The lowest BCUT2D eigenvalue weighted by molar-refractivity contribution is -0.159. The Hall–Kier alpha value is -1.79. The standard InChI is InChI=1S/C19H33NO6/c1-5-25-16(23)19(11-8-6-7-10-15(21)22)12-9-13-20(14-19)17(24)26-18(2,3)4/h5-14H2,1-4H3,(H,21,22). The maximum absolute atomic E-state index is 12.7. The minimum absolute atomic E-state index is 0.135. The van der Waals surface area contributed by atoms with Crippen molar-refractivity contribution in [1.29, 1.82) is 0 Å². The number of unbranched alkanes of at least 4 members (excludes halogenated alkanes) is 2. The number of hydrogen-bond donors (Lipinski definition) is 1. The second-order valence-corrected chi connectivity index (χ2v) is 7.96. The zero-order valence-corrected chi connectivity index (χ0v) is 16.5. The van der Waals surface area contributed by atoms with E-state index in [1.807, 2.05) is 20.8 Å². The highest BCUT2D eigenvalue weighted by Gasteiger charge is 2.44. The van der Waals surface area contributed by atoms with Crippen molar-refractivity contribution in [3.8, 4) is 0 Å². The fourth-order valence-electron chi connectivity index (χ4n) is 3.29. The molecule has 7 heteroatoms. The van der Waals surface area contributed by atoms with Gasteiger partial charge in [0.25, 0.3) is 0 Å². The summed E-state index contributed by atoms with van der Waals surface area (Å²) < 4.78 is 10.7. The highest BCUT2D eigenvalue weighted by molar-refractivity contribution is 5.79. The van der Waals surface area contributed by atoms with E-state index in [2.05, 4.69) is 0 Å². The number of esters is 1. The number of carboxylic acids is 1. The Bertz CT molecular complexity index is 499. The van der Waals surface area contributed by atoms with Gasteiger partial charge in [-0.25, -0.2) is 4.79 Å². The summed E-state index contributed by atoms with van der Waals surface area (Å²) in [5.41, 5.74) is -1.31. The summed E-state index contributed by atoms with van der Waals surface area (Å²) in [4.78, 5) is 37.3. The Labute approximate surface area is 156 Å². The normalized spacial score (nSPS) is 20.5. The predicted octanol–water partition coefficient (Wildman–Crippen LogP) is 3.60. The molecule has 0 spiro atoms. The topological polar surface area (TPSA) is 93.1 Å². The highest BCUT2D eigenvalue weighted by Crippen LogP contribution is 2.37. The van der Waals surface area contributed by atoms with Crippen LogP contribution in [-0.2, 0) is 19.1 Å². The first-order valence-corrected chi connectivity index (χ1v) is 9.46.